The largest absolute Gasteiger partial charge is 0.326 e. The van der Waals surface area contributed by atoms with E-state index in [9.17, 15) is 4.79 Å². The van der Waals surface area contributed by atoms with Gasteiger partial charge >= 0.3 is 0 Å². The number of H-pyrrole nitrogens is 1. The molecule has 0 aliphatic carbocycles. The summed E-state index contributed by atoms with van der Waals surface area (Å²) in [6.07, 6.45) is 3.94. The highest BCUT2D eigenvalue weighted by Crippen LogP contribution is 2.24. The van der Waals surface area contributed by atoms with Gasteiger partial charge in [-0.25, -0.2) is 0 Å². The van der Waals surface area contributed by atoms with Crippen LogP contribution in [-0.4, -0.2) is 25.7 Å². The molecule has 8 heteroatoms. The van der Waals surface area contributed by atoms with Crippen molar-refractivity contribution in [3.05, 3.63) is 89.0 Å². The number of nitrogens with one attached hydrogen (secondary N) is 2. The smallest absolute Gasteiger partial charge is 0.226 e. The van der Waals surface area contributed by atoms with Crippen LogP contribution in [0.15, 0.2) is 78.0 Å². The van der Waals surface area contributed by atoms with E-state index in [0.29, 0.717) is 17.7 Å². The second kappa shape index (κ2) is 10.4. The van der Waals surface area contributed by atoms with Crippen molar-refractivity contribution in [2.24, 2.45) is 0 Å². The number of hydrogen-bond acceptors (Lipinski definition) is 5. The van der Waals surface area contributed by atoms with Crippen molar-refractivity contribution in [1.82, 2.24) is 19.7 Å². The molecule has 0 bridgehead atoms. The molecule has 2 aromatic carbocycles. The van der Waals surface area contributed by atoms with Crippen molar-refractivity contribution >= 4 is 35.6 Å². The Kier molecular flexibility index (Phi) is 7.14. The molecule has 0 aliphatic heterocycles. The molecule has 2 N–H and O–H groups in total. The molecule has 4 rings (SSSR count). The van der Waals surface area contributed by atoms with Crippen LogP contribution >= 0.6 is 24.0 Å². The number of carbonyl (C=O) groups is 1. The molecule has 0 fully saturated rings. The first kappa shape index (κ1) is 22.0. The van der Waals surface area contributed by atoms with Crippen LogP contribution < -0.4 is 5.32 Å². The maximum absolute atomic E-state index is 12.5. The summed E-state index contributed by atoms with van der Waals surface area (Å²) < 4.78 is 2.37. The average molecular weight is 462 g/mol. The van der Waals surface area contributed by atoms with Crippen molar-refractivity contribution < 1.29 is 4.79 Å². The van der Waals surface area contributed by atoms with Crippen molar-refractivity contribution in [2.75, 3.05) is 5.32 Å². The molecule has 32 heavy (non-hydrogen) atoms. The summed E-state index contributed by atoms with van der Waals surface area (Å²) in [4.78, 5) is 17.8. The van der Waals surface area contributed by atoms with Gasteiger partial charge in [-0.3, -0.25) is 19.4 Å². The predicted molar refractivity (Wildman–Crippen MR) is 131 cm³/mol. The van der Waals surface area contributed by atoms with E-state index in [2.05, 4.69) is 32.6 Å². The van der Waals surface area contributed by atoms with Crippen LogP contribution in [0.5, 0.6) is 0 Å². The highest BCUT2D eigenvalue weighted by atomic mass is 32.2. The zero-order valence-electron chi connectivity index (χ0n) is 17.6. The lowest BCUT2D eigenvalue weighted by Crippen LogP contribution is -2.15. The Labute approximate surface area is 196 Å². The lowest BCUT2D eigenvalue weighted by atomic mass is 10.1. The monoisotopic (exact) mass is 461 g/mol. The standard InChI is InChI=1S/C24H23N5OS2/c1-17-4-2-6-19(14-17)23-27-28-24(31)29(23)13-11-22(30)26-20-7-9-21(10-8-20)32-16-18-5-3-12-25-15-18/h2-10,12,14-15H,11,13,16H2,1H3,(H,26,30)(H,28,31). The highest BCUT2D eigenvalue weighted by Gasteiger charge is 2.11. The Morgan fingerprint density at radius 2 is 2.00 bits per heavy atom. The van der Waals surface area contributed by atoms with Gasteiger partial charge < -0.3 is 5.32 Å². The zero-order valence-corrected chi connectivity index (χ0v) is 19.2. The maximum atomic E-state index is 12.5. The third-order valence-electron chi connectivity index (χ3n) is 4.86. The van der Waals surface area contributed by atoms with E-state index in [4.69, 9.17) is 12.2 Å². The second-order valence-electron chi connectivity index (χ2n) is 7.35. The summed E-state index contributed by atoms with van der Waals surface area (Å²) in [6.45, 7) is 2.48. The fourth-order valence-electron chi connectivity index (χ4n) is 3.25. The molecule has 6 nitrogen and oxygen atoms in total. The molecule has 0 aliphatic rings. The third kappa shape index (κ3) is 5.72. The van der Waals surface area contributed by atoms with E-state index in [1.54, 1.807) is 18.0 Å². The Morgan fingerprint density at radius 3 is 2.75 bits per heavy atom. The molecule has 2 aromatic heterocycles. The van der Waals surface area contributed by atoms with Gasteiger partial charge in [0.15, 0.2) is 10.6 Å². The first-order chi connectivity index (χ1) is 15.6. The van der Waals surface area contributed by atoms with Crippen LogP contribution in [0.4, 0.5) is 5.69 Å². The lowest BCUT2D eigenvalue weighted by molar-refractivity contribution is -0.116. The van der Waals surface area contributed by atoms with Crippen molar-refractivity contribution in [3.8, 4) is 11.4 Å². The molecule has 0 atom stereocenters. The van der Waals surface area contributed by atoms with E-state index in [1.165, 1.54) is 5.56 Å². The van der Waals surface area contributed by atoms with E-state index in [0.717, 1.165) is 33.3 Å². The minimum Gasteiger partial charge on any atom is -0.326 e. The first-order valence-corrected chi connectivity index (χ1v) is 11.6. The number of anilines is 1. The lowest BCUT2D eigenvalue weighted by Gasteiger charge is -2.09. The van der Waals surface area contributed by atoms with E-state index in [-0.39, 0.29) is 5.91 Å². The highest BCUT2D eigenvalue weighted by molar-refractivity contribution is 7.98. The number of carbonyl (C=O) groups excluding carboxylic acids is 1. The van der Waals surface area contributed by atoms with Gasteiger partial charge in [0.25, 0.3) is 0 Å². The van der Waals surface area contributed by atoms with Gasteiger partial charge in [0.05, 0.1) is 0 Å². The van der Waals surface area contributed by atoms with Crippen molar-refractivity contribution in [2.45, 2.75) is 30.5 Å². The van der Waals surface area contributed by atoms with Gasteiger partial charge in [0.2, 0.25) is 5.91 Å². The molecular formula is C24H23N5OS2. The van der Waals surface area contributed by atoms with Crippen LogP contribution in [0.1, 0.15) is 17.5 Å². The summed E-state index contributed by atoms with van der Waals surface area (Å²) in [6, 6.07) is 19.9. The number of nitrogens with zero attached hydrogens (tertiary/aromatic N) is 3. The molecule has 0 unspecified atom stereocenters. The van der Waals surface area contributed by atoms with Gasteiger partial charge in [-0.05, 0) is 61.1 Å². The predicted octanol–water partition coefficient (Wildman–Crippen LogP) is 5.63. The summed E-state index contributed by atoms with van der Waals surface area (Å²) >= 11 is 7.10. The molecule has 0 spiro atoms. The second-order valence-corrected chi connectivity index (χ2v) is 8.78. The Balaban J connectivity index is 1.33. The minimum atomic E-state index is -0.0703. The summed E-state index contributed by atoms with van der Waals surface area (Å²) in [7, 11) is 0. The van der Waals surface area contributed by atoms with Crippen molar-refractivity contribution in [1.29, 1.82) is 0 Å². The summed E-state index contributed by atoms with van der Waals surface area (Å²) in [5, 5.41) is 10.1. The number of pyridine rings is 1. The van der Waals surface area contributed by atoms with Crippen LogP contribution in [0.3, 0.4) is 0 Å². The van der Waals surface area contributed by atoms with Crippen LogP contribution in [-0.2, 0) is 17.1 Å². The average Bonchev–Trinajstić information content (AvgIpc) is 3.18. The molecule has 0 radical (unpaired) electrons. The molecule has 1 amide bonds. The Morgan fingerprint density at radius 1 is 1.16 bits per heavy atom. The number of amides is 1. The summed E-state index contributed by atoms with van der Waals surface area (Å²) in [5.74, 6) is 1.52. The van der Waals surface area contributed by atoms with Crippen LogP contribution in [0, 0.1) is 11.7 Å². The number of aryl methyl sites for hydroxylation is 1. The molecule has 162 valence electrons. The van der Waals surface area contributed by atoms with E-state index >= 15 is 0 Å². The van der Waals surface area contributed by atoms with Gasteiger partial charge in [-0.2, -0.15) is 5.10 Å². The minimum absolute atomic E-state index is 0.0703. The number of benzene rings is 2. The number of thioether (sulfide) groups is 1. The first-order valence-electron chi connectivity index (χ1n) is 10.2. The Bertz CT molecular complexity index is 1250. The van der Waals surface area contributed by atoms with Crippen LogP contribution in [0.25, 0.3) is 11.4 Å². The molecule has 2 heterocycles. The van der Waals surface area contributed by atoms with Gasteiger partial charge in [0, 0.05) is 47.3 Å². The topological polar surface area (TPSA) is 75.6 Å². The molecular weight excluding hydrogens is 438 g/mol. The fraction of sp³-hybridized carbons (Fsp3) is 0.167. The quantitative estimate of drug-likeness (QED) is 0.263. The van der Waals surface area contributed by atoms with E-state index < -0.39 is 0 Å². The molecule has 0 saturated heterocycles. The third-order valence-corrected chi connectivity index (χ3v) is 6.26. The maximum Gasteiger partial charge on any atom is 0.226 e. The summed E-state index contributed by atoms with van der Waals surface area (Å²) in [5.41, 5.74) is 4.06. The normalized spacial score (nSPS) is 10.8. The zero-order chi connectivity index (χ0) is 22.3. The number of rotatable bonds is 8. The fourth-order valence-corrected chi connectivity index (χ4v) is 4.31. The SMILES string of the molecule is Cc1cccc(-c2n[nH]c(=S)n2CCC(=O)Nc2ccc(SCc3cccnc3)cc2)c1. The van der Waals surface area contributed by atoms with Crippen molar-refractivity contribution in [3.63, 3.8) is 0 Å². The number of aromatic amines is 1. The number of hydrogen-bond donors (Lipinski definition) is 2. The molecule has 4 aromatic rings. The number of aromatic nitrogens is 4. The van der Waals surface area contributed by atoms with Gasteiger partial charge in [0.1, 0.15) is 0 Å². The van der Waals surface area contributed by atoms with E-state index in [1.807, 2.05) is 66.2 Å². The Hall–Kier alpha value is -3.23. The van der Waals surface area contributed by atoms with Gasteiger partial charge in [-0.15, -0.1) is 11.8 Å². The molecule has 0 saturated carbocycles. The van der Waals surface area contributed by atoms with Gasteiger partial charge in [-0.1, -0.05) is 29.8 Å². The van der Waals surface area contributed by atoms with Crippen LogP contribution in [0.2, 0.25) is 0 Å².